The standard InChI is InChI=1S/C25H20F3IO3S/c26-24(25(27)28)20-9-5-4-8-19(20)18(16-6-2-1-3-7-16)12-13-33-17-10-11-22(21(29)14-17)32-15-23(30)31/h1-12,14,24-25H,13,15H2,(H,30,31). The minimum Gasteiger partial charge on any atom is -0.481 e. The Kier molecular flexibility index (Phi) is 9.25. The molecule has 0 saturated heterocycles. The molecule has 0 amide bonds. The first-order valence-corrected chi connectivity index (χ1v) is 12.0. The lowest BCUT2D eigenvalue weighted by atomic mass is 9.92. The van der Waals surface area contributed by atoms with Crippen molar-refractivity contribution in [3.05, 3.63) is 99.1 Å². The molecule has 8 heteroatoms. The van der Waals surface area contributed by atoms with E-state index in [9.17, 15) is 18.0 Å². The number of aliphatic carboxylic acids is 1. The van der Waals surface area contributed by atoms with Gasteiger partial charge in [0.1, 0.15) is 5.75 Å². The quantitative estimate of drug-likeness (QED) is 0.202. The van der Waals surface area contributed by atoms with Crippen LogP contribution in [0, 0.1) is 3.57 Å². The molecule has 3 aromatic carbocycles. The molecule has 0 fully saturated rings. The molecule has 1 unspecified atom stereocenters. The largest absolute Gasteiger partial charge is 0.481 e. The molecule has 172 valence electrons. The molecule has 0 radical (unpaired) electrons. The van der Waals surface area contributed by atoms with Gasteiger partial charge in [-0.25, -0.2) is 18.0 Å². The number of carboxylic acids is 1. The predicted octanol–water partition coefficient (Wildman–Crippen LogP) is 7.25. The average Bonchev–Trinajstić information content (AvgIpc) is 2.81. The van der Waals surface area contributed by atoms with Gasteiger partial charge in [-0.2, -0.15) is 0 Å². The van der Waals surface area contributed by atoms with Gasteiger partial charge < -0.3 is 9.84 Å². The van der Waals surface area contributed by atoms with Gasteiger partial charge in [0.05, 0.1) is 3.57 Å². The highest BCUT2D eigenvalue weighted by Gasteiger charge is 2.25. The summed E-state index contributed by atoms with van der Waals surface area (Å²) < 4.78 is 46.7. The molecule has 3 aromatic rings. The zero-order chi connectivity index (χ0) is 23.8. The van der Waals surface area contributed by atoms with Crippen LogP contribution in [0.1, 0.15) is 22.9 Å². The molecule has 0 spiro atoms. The van der Waals surface area contributed by atoms with Crippen LogP contribution >= 0.6 is 34.4 Å². The maximum Gasteiger partial charge on any atom is 0.341 e. The number of carbonyl (C=O) groups is 1. The molecule has 0 aliphatic carbocycles. The van der Waals surface area contributed by atoms with E-state index in [2.05, 4.69) is 22.6 Å². The van der Waals surface area contributed by atoms with E-state index in [1.54, 1.807) is 24.3 Å². The minimum atomic E-state index is -3.11. The molecule has 3 nitrogen and oxygen atoms in total. The average molecular weight is 584 g/mol. The summed E-state index contributed by atoms with van der Waals surface area (Å²) in [5.74, 6) is -0.0569. The van der Waals surface area contributed by atoms with Gasteiger partial charge in [0.15, 0.2) is 12.8 Å². The number of ether oxygens (including phenoxy) is 1. The number of hydrogen-bond donors (Lipinski definition) is 1. The van der Waals surface area contributed by atoms with Gasteiger partial charge >= 0.3 is 5.97 Å². The molecule has 1 N–H and O–H groups in total. The summed E-state index contributed by atoms with van der Waals surface area (Å²) in [6.07, 6.45) is -3.58. The van der Waals surface area contributed by atoms with Crippen LogP contribution in [0.5, 0.6) is 5.75 Å². The third-order valence-corrected chi connectivity index (χ3v) is 6.41. The fourth-order valence-electron chi connectivity index (χ4n) is 3.17. The van der Waals surface area contributed by atoms with Crippen LogP contribution in [0.25, 0.3) is 5.57 Å². The van der Waals surface area contributed by atoms with Crippen molar-refractivity contribution < 1.29 is 27.8 Å². The van der Waals surface area contributed by atoms with Crippen molar-refractivity contribution >= 4 is 45.9 Å². The van der Waals surface area contributed by atoms with Crippen molar-refractivity contribution in [1.29, 1.82) is 0 Å². The highest BCUT2D eigenvalue weighted by molar-refractivity contribution is 14.1. The Morgan fingerprint density at radius 3 is 2.39 bits per heavy atom. The first-order chi connectivity index (χ1) is 15.9. The van der Waals surface area contributed by atoms with Crippen LogP contribution in [-0.2, 0) is 4.79 Å². The summed E-state index contributed by atoms with van der Waals surface area (Å²) in [7, 11) is 0. The fourth-order valence-corrected chi connectivity index (χ4v) is 4.86. The summed E-state index contributed by atoms with van der Waals surface area (Å²) in [5.41, 5.74) is 1.88. The number of alkyl halides is 3. The lowest BCUT2D eigenvalue weighted by Gasteiger charge is -2.16. The number of hydrogen-bond acceptors (Lipinski definition) is 3. The Balaban J connectivity index is 1.86. The summed E-state index contributed by atoms with van der Waals surface area (Å²) >= 11 is 3.59. The fraction of sp³-hybridized carbons (Fsp3) is 0.160. The summed E-state index contributed by atoms with van der Waals surface area (Å²) in [5, 5.41) is 8.76. The molecule has 0 aliphatic heterocycles. The van der Waals surface area contributed by atoms with Gasteiger partial charge in [-0.15, -0.1) is 11.8 Å². The molecular formula is C25H20F3IO3S. The third kappa shape index (κ3) is 7.01. The van der Waals surface area contributed by atoms with E-state index in [0.29, 0.717) is 22.6 Å². The molecule has 1 atom stereocenters. The molecule has 0 heterocycles. The molecule has 3 rings (SSSR count). The van der Waals surface area contributed by atoms with Crippen LogP contribution < -0.4 is 4.74 Å². The Bertz CT molecular complexity index is 1120. The van der Waals surface area contributed by atoms with Crippen LogP contribution in [0.4, 0.5) is 13.2 Å². The van der Waals surface area contributed by atoms with Crippen LogP contribution in [-0.4, -0.2) is 29.9 Å². The zero-order valence-corrected chi connectivity index (χ0v) is 20.2. The van der Waals surface area contributed by atoms with Gasteiger partial charge in [-0.05, 0) is 63.1 Å². The smallest absolute Gasteiger partial charge is 0.341 e. The van der Waals surface area contributed by atoms with E-state index in [-0.39, 0.29) is 5.56 Å². The van der Waals surface area contributed by atoms with Crippen molar-refractivity contribution in [3.63, 3.8) is 0 Å². The van der Waals surface area contributed by atoms with E-state index in [4.69, 9.17) is 9.84 Å². The Hall–Kier alpha value is -2.46. The first-order valence-electron chi connectivity index (χ1n) is 9.91. The molecule has 0 aliphatic rings. The van der Waals surface area contributed by atoms with Gasteiger partial charge in [0.2, 0.25) is 0 Å². The Morgan fingerprint density at radius 1 is 1.03 bits per heavy atom. The maximum atomic E-state index is 14.3. The van der Waals surface area contributed by atoms with Gasteiger partial charge in [0.25, 0.3) is 6.43 Å². The van der Waals surface area contributed by atoms with Crippen molar-refractivity contribution in [3.8, 4) is 5.75 Å². The second-order valence-electron chi connectivity index (χ2n) is 6.89. The Morgan fingerprint density at radius 2 is 1.73 bits per heavy atom. The number of halogens is 4. The van der Waals surface area contributed by atoms with E-state index >= 15 is 0 Å². The van der Waals surface area contributed by atoms with Crippen molar-refractivity contribution in [2.24, 2.45) is 0 Å². The summed E-state index contributed by atoms with van der Waals surface area (Å²) in [6, 6.07) is 21.0. The molecule has 0 bridgehead atoms. The topological polar surface area (TPSA) is 46.5 Å². The van der Waals surface area contributed by atoms with Crippen molar-refractivity contribution in [2.75, 3.05) is 12.4 Å². The van der Waals surface area contributed by atoms with Gasteiger partial charge in [-0.3, -0.25) is 0 Å². The van der Waals surface area contributed by atoms with Gasteiger partial charge in [-0.1, -0.05) is 60.7 Å². The number of benzene rings is 3. The van der Waals surface area contributed by atoms with E-state index in [0.717, 1.165) is 14.0 Å². The number of rotatable bonds is 10. The second-order valence-corrected chi connectivity index (χ2v) is 9.15. The monoisotopic (exact) mass is 584 g/mol. The SMILES string of the molecule is O=C(O)COc1ccc(SCC=C(c2ccccc2)c2ccccc2C(F)C(F)F)cc1I. The summed E-state index contributed by atoms with van der Waals surface area (Å²) in [6.45, 7) is -0.417. The lowest BCUT2D eigenvalue weighted by molar-refractivity contribution is -0.139. The maximum absolute atomic E-state index is 14.3. The van der Waals surface area contributed by atoms with Crippen molar-refractivity contribution in [2.45, 2.75) is 17.5 Å². The van der Waals surface area contributed by atoms with Crippen molar-refractivity contribution in [1.82, 2.24) is 0 Å². The van der Waals surface area contributed by atoms with Crippen LogP contribution in [0.15, 0.2) is 83.8 Å². The molecule has 0 saturated carbocycles. The van der Waals surface area contributed by atoms with E-state index in [1.807, 2.05) is 48.5 Å². The zero-order valence-electron chi connectivity index (χ0n) is 17.3. The Labute approximate surface area is 207 Å². The van der Waals surface area contributed by atoms with Crippen LogP contribution in [0.2, 0.25) is 0 Å². The van der Waals surface area contributed by atoms with E-state index in [1.165, 1.54) is 17.8 Å². The second kappa shape index (κ2) is 12.1. The molecule has 33 heavy (non-hydrogen) atoms. The third-order valence-electron chi connectivity index (χ3n) is 4.65. The highest BCUT2D eigenvalue weighted by Crippen LogP contribution is 2.35. The first kappa shape index (κ1) is 25.2. The minimum absolute atomic E-state index is 0.0397. The molecule has 0 aromatic heterocycles. The highest BCUT2D eigenvalue weighted by atomic mass is 127. The lowest BCUT2D eigenvalue weighted by Crippen LogP contribution is -2.10. The summed E-state index contributed by atoms with van der Waals surface area (Å²) in [4.78, 5) is 11.6. The number of carboxylic acid groups (broad SMARTS) is 1. The number of thioether (sulfide) groups is 1. The van der Waals surface area contributed by atoms with E-state index < -0.39 is 25.2 Å². The van der Waals surface area contributed by atoms with Crippen LogP contribution in [0.3, 0.4) is 0 Å². The molecular weight excluding hydrogens is 564 g/mol. The van der Waals surface area contributed by atoms with Gasteiger partial charge in [0, 0.05) is 10.6 Å². The predicted molar refractivity (Wildman–Crippen MR) is 133 cm³/mol. The normalized spacial score (nSPS) is 12.6.